The van der Waals surface area contributed by atoms with E-state index in [1.54, 1.807) is 0 Å². The Morgan fingerprint density at radius 1 is 0.290 bits per heavy atom. The predicted molar refractivity (Wildman–Crippen MR) is 263 cm³/mol. The molecule has 0 bridgehead atoms. The minimum atomic E-state index is 0.852. The number of hydrogen-bond acceptors (Lipinski definition) is 2. The molecule has 0 saturated heterocycles. The molecule has 290 valence electrons. The fraction of sp³-hybridized carbons (Fsp3) is 0. The van der Waals surface area contributed by atoms with Gasteiger partial charge in [-0.05, 0) is 108 Å². The van der Waals surface area contributed by atoms with E-state index < -0.39 is 0 Å². The molecular weight excluding hydrogens is 751 g/mol. The third-order valence-electron chi connectivity index (χ3n) is 12.5. The van der Waals surface area contributed by atoms with Crippen molar-refractivity contribution < 1.29 is 4.42 Å². The minimum absolute atomic E-state index is 0.852. The summed E-state index contributed by atoms with van der Waals surface area (Å²) >= 11 is 0. The first kappa shape index (κ1) is 35.7. The van der Waals surface area contributed by atoms with Crippen LogP contribution in [0.4, 0.5) is 17.1 Å². The molecule has 0 atom stereocenters. The highest BCUT2D eigenvalue weighted by Crippen LogP contribution is 2.49. The maximum Gasteiger partial charge on any atom is 0.159 e. The van der Waals surface area contributed by atoms with Crippen molar-refractivity contribution in [2.24, 2.45) is 0 Å². The lowest BCUT2D eigenvalue weighted by Crippen LogP contribution is -2.11. The molecular formula is C60H39NO. The monoisotopic (exact) mass is 789 g/mol. The highest BCUT2D eigenvalue weighted by atomic mass is 16.3. The predicted octanol–water partition coefficient (Wildman–Crippen LogP) is 17.2. The highest BCUT2D eigenvalue weighted by Gasteiger charge is 2.24. The van der Waals surface area contributed by atoms with Crippen molar-refractivity contribution in [1.82, 2.24) is 0 Å². The lowest BCUT2D eigenvalue weighted by atomic mass is 9.84. The second kappa shape index (κ2) is 14.8. The standard InChI is InChI=1S/C60H39NO/c1-3-18-42(19-4-1)58-52-27-10-9-25-49(52)50-38-35-44(39-54(50)59(58)43-20-5-2-6-21-43)48-24-11-13-30-55(48)61(56-31-16-29-53-51-26-12-14-32-57(51)62-60(53)56)45-36-33-41(34-37-45)47-28-15-22-40-17-7-8-23-46(40)47/h1-39H. The molecule has 0 aliphatic rings. The molecule has 1 heterocycles. The van der Waals surface area contributed by atoms with Crippen LogP contribution in [0, 0.1) is 0 Å². The number of benzene rings is 11. The van der Waals surface area contributed by atoms with E-state index in [1.165, 1.54) is 65.7 Å². The van der Waals surface area contributed by atoms with Crippen LogP contribution < -0.4 is 4.90 Å². The molecule has 0 spiro atoms. The number of rotatable bonds is 7. The largest absolute Gasteiger partial charge is 0.454 e. The smallest absolute Gasteiger partial charge is 0.159 e. The first-order valence-corrected chi connectivity index (χ1v) is 21.3. The van der Waals surface area contributed by atoms with Crippen LogP contribution in [-0.2, 0) is 0 Å². The molecule has 0 aliphatic heterocycles. The fourth-order valence-corrected chi connectivity index (χ4v) is 9.66. The first-order valence-electron chi connectivity index (χ1n) is 21.3. The van der Waals surface area contributed by atoms with Gasteiger partial charge < -0.3 is 9.32 Å². The van der Waals surface area contributed by atoms with Crippen LogP contribution in [0.25, 0.3) is 98.8 Å². The van der Waals surface area contributed by atoms with Crippen LogP contribution in [0.1, 0.15) is 0 Å². The van der Waals surface area contributed by atoms with Gasteiger partial charge in [-0.25, -0.2) is 0 Å². The maximum atomic E-state index is 6.77. The Labute approximate surface area is 360 Å². The van der Waals surface area contributed by atoms with Gasteiger partial charge in [0.25, 0.3) is 0 Å². The van der Waals surface area contributed by atoms with E-state index >= 15 is 0 Å². The van der Waals surface area contributed by atoms with Crippen molar-refractivity contribution >= 4 is 71.3 Å². The molecule has 2 heteroatoms. The van der Waals surface area contributed by atoms with Gasteiger partial charge in [0.2, 0.25) is 0 Å². The molecule has 0 aliphatic carbocycles. The summed E-state index contributed by atoms with van der Waals surface area (Å²) < 4.78 is 6.77. The topological polar surface area (TPSA) is 16.4 Å². The van der Waals surface area contributed by atoms with Crippen LogP contribution in [0.15, 0.2) is 241 Å². The summed E-state index contributed by atoms with van der Waals surface area (Å²) in [6, 6.07) is 85.4. The fourth-order valence-electron chi connectivity index (χ4n) is 9.66. The summed E-state index contributed by atoms with van der Waals surface area (Å²) in [6.45, 7) is 0. The van der Waals surface area contributed by atoms with Gasteiger partial charge in [-0.1, -0.05) is 200 Å². The Morgan fingerprint density at radius 3 is 1.61 bits per heavy atom. The first-order chi connectivity index (χ1) is 30.8. The van der Waals surface area contributed by atoms with Gasteiger partial charge >= 0.3 is 0 Å². The summed E-state index contributed by atoms with van der Waals surface area (Å²) in [6.07, 6.45) is 0. The Balaban J connectivity index is 1.11. The van der Waals surface area contributed by atoms with Crippen molar-refractivity contribution in [1.29, 1.82) is 0 Å². The van der Waals surface area contributed by atoms with Gasteiger partial charge in [0, 0.05) is 22.0 Å². The van der Waals surface area contributed by atoms with Crippen LogP contribution in [0.3, 0.4) is 0 Å². The van der Waals surface area contributed by atoms with Crippen LogP contribution in [-0.4, -0.2) is 0 Å². The molecule has 0 N–H and O–H groups in total. The summed E-state index contributed by atoms with van der Waals surface area (Å²) in [5.41, 5.74) is 14.3. The van der Waals surface area contributed by atoms with Crippen LogP contribution >= 0.6 is 0 Å². The Hall–Kier alpha value is -8.20. The van der Waals surface area contributed by atoms with Crippen molar-refractivity contribution in [2.45, 2.75) is 0 Å². The average Bonchev–Trinajstić information content (AvgIpc) is 3.74. The van der Waals surface area contributed by atoms with Gasteiger partial charge in [0.1, 0.15) is 5.58 Å². The molecule has 12 rings (SSSR count). The molecule has 0 radical (unpaired) electrons. The quantitative estimate of drug-likeness (QED) is 0.150. The van der Waals surface area contributed by atoms with Crippen LogP contribution in [0.5, 0.6) is 0 Å². The third kappa shape index (κ3) is 5.88. The van der Waals surface area contributed by atoms with E-state index in [1.807, 2.05) is 6.07 Å². The van der Waals surface area contributed by atoms with E-state index in [-0.39, 0.29) is 0 Å². The van der Waals surface area contributed by atoms with Gasteiger partial charge in [0.05, 0.1) is 11.4 Å². The SMILES string of the molecule is c1ccc(-c2c(-c3ccccc3)c3cc(-c4ccccc4N(c4ccc(-c5cccc6ccccc56)cc4)c4cccc5c4oc4ccccc45)ccc3c3ccccc23)cc1. The zero-order valence-electron chi connectivity index (χ0n) is 33.9. The van der Waals surface area contributed by atoms with Crippen molar-refractivity contribution in [3.8, 4) is 44.5 Å². The summed E-state index contributed by atoms with van der Waals surface area (Å²) in [5, 5.41) is 9.60. The Kier molecular flexibility index (Phi) is 8.53. The molecule has 1 aromatic heterocycles. The molecule has 12 aromatic rings. The number of anilines is 3. The maximum absolute atomic E-state index is 6.77. The molecule has 0 saturated carbocycles. The molecule has 0 unspecified atom stereocenters. The lowest BCUT2D eigenvalue weighted by molar-refractivity contribution is 0.669. The van der Waals surface area contributed by atoms with Crippen LogP contribution in [0.2, 0.25) is 0 Å². The van der Waals surface area contributed by atoms with E-state index in [4.69, 9.17) is 4.42 Å². The average molecular weight is 790 g/mol. The zero-order valence-corrected chi connectivity index (χ0v) is 33.9. The number of nitrogens with zero attached hydrogens (tertiary/aromatic N) is 1. The summed E-state index contributed by atoms with van der Waals surface area (Å²) in [5.74, 6) is 0. The highest BCUT2D eigenvalue weighted by molar-refractivity contribution is 6.22. The van der Waals surface area contributed by atoms with Gasteiger partial charge in [-0.2, -0.15) is 0 Å². The van der Waals surface area contributed by atoms with Crippen molar-refractivity contribution in [3.63, 3.8) is 0 Å². The molecule has 62 heavy (non-hydrogen) atoms. The second-order valence-corrected chi connectivity index (χ2v) is 16.0. The number of para-hydroxylation sites is 3. The minimum Gasteiger partial charge on any atom is -0.454 e. The molecule has 0 amide bonds. The van der Waals surface area contributed by atoms with E-state index in [0.717, 1.165) is 50.1 Å². The van der Waals surface area contributed by atoms with Gasteiger partial charge in [-0.15, -0.1) is 0 Å². The molecule has 11 aromatic carbocycles. The Bertz CT molecular complexity index is 3620. The van der Waals surface area contributed by atoms with Crippen molar-refractivity contribution in [3.05, 3.63) is 237 Å². The third-order valence-corrected chi connectivity index (χ3v) is 12.5. The lowest BCUT2D eigenvalue weighted by Gasteiger charge is -2.28. The Morgan fingerprint density at radius 2 is 0.823 bits per heavy atom. The summed E-state index contributed by atoms with van der Waals surface area (Å²) in [4.78, 5) is 2.38. The number of fused-ring (bicyclic) bond motifs is 7. The zero-order chi connectivity index (χ0) is 41.0. The normalized spacial score (nSPS) is 11.5. The number of hydrogen-bond donors (Lipinski definition) is 0. The van der Waals surface area contributed by atoms with E-state index in [0.29, 0.717) is 0 Å². The molecule has 0 fully saturated rings. The van der Waals surface area contributed by atoms with Gasteiger partial charge in [0.15, 0.2) is 5.58 Å². The van der Waals surface area contributed by atoms with Crippen molar-refractivity contribution in [2.75, 3.05) is 4.90 Å². The number of furan rings is 1. The summed E-state index contributed by atoms with van der Waals surface area (Å²) in [7, 11) is 0. The second-order valence-electron chi connectivity index (χ2n) is 16.0. The van der Waals surface area contributed by atoms with Gasteiger partial charge in [-0.3, -0.25) is 0 Å². The van der Waals surface area contributed by atoms with E-state index in [9.17, 15) is 0 Å². The molecule has 2 nitrogen and oxygen atoms in total. The van der Waals surface area contributed by atoms with E-state index in [2.05, 4.69) is 235 Å².